The van der Waals surface area contributed by atoms with Gasteiger partial charge in [-0.15, -0.1) is 0 Å². The third-order valence-corrected chi connectivity index (χ3v) is 1.55. The summed E-state index contributed by atoms with van der Waals surface area (Å²) in [5.74, 6) is 0. The Morgan fingerprint density at radius 2 is 2.38 bits per heavy atom. The number of H-pyrrole nitrogens is 1. The SMILES string of the molecule is Cc1n[nH]c(=S)s1.[K]. The molecule has 1 rings (SSSR count). The molecule has 0 fully saturated rings. The van der Waals surface area contributed by atoms with Crippen LogP contribution in [0.1, 0.15) is 5.01 Å². The Balaban J connectivity index is 0.000000490. The normalized spacial score (nSPS) is 8.12. The number of aromatic nitrogens is 2. The van der Waals surface area contributed by atoms with E-state index in [2.05, 4.69) is 10.2 Å². The number of rotatable bonds is 0. The molecule has 0 bridgehead atoms. The van der Waals surface area contributed by atoms with E-state index in [1.54, 1.807) is 0 Å². The van der Waals surface area contributed by atoms with E-state index in [0.717, 1.165) is 8.96 Å². The molecule has 0 spiro atoms. The van der Waals surface area contributed by atoms with Crippen LogP contribution in [0.2, 0.25) is 0 Å². The van der Waals surface area contributed by atoms with E-state index < -0.39 is 0 Å². The van der Waals surface area contributed by atoms with E-state index in [4.69, 9.17) is 12.2 Å². The summed E-state index contributed by atoms with van der Waals surface area (Å²) < 4.78 is 0.748. The van der Waals surface area contributed by atoms with Gasteiger partial charge < -0.3 is 0 Å². The van der Waals surface area contributed by atoms with Gasteiger partial charge in [-0.25, -0.2) is 0 Å². The van der Waals surface area contributed by atoms with Crippen LogP contribution in [0.3, 0.4) is 0 Å². The molecular weight excluding hydrogens is 167 g/mol. The average molecular weight is 171 g/mol. The summed E-state index contributed by atoms with van der Waals surface area (Å²) in [6, 6.07) is 0. The van der Waals surface area contributed by atoms with E-state index >= 15 is 0 Å². The van der Waals surface area contributed by atoms with Gasteiger partial charge in [0.1, 0.15) is 5.01 Å². The molecule has 1 aromatic heterocycles. The number of hydrogen-bond donors (Lipinski definition) is 1. The Bertz CT molecular complexity index is 203. The summed E-state index contributed by atoms with van der Waals surface area (Å²) in [7, 11) is 0. The second-order valence-electron chi connectivity index (χ2n) is 1.13. The van der Waals surface area contributed by atoms with Crippen LogP contribution in [-0.4, -0.2) is 61.6 Å². The van der Waals surface area contributed by atoms with Gasteiger partial charge in [0, 0.05) is 51.4 Å². The number of nitrogens with zero attached hydrogens (tertiary/aromatic N) is 1. The largest absolute Gasteiger partial charge is 0.258 e. The van der Waals surface area contributed by atoms with E-state index in [0.29, 0.717) is 0 Å². The number of aryl methyl sites for hydroxylation is 1. The van der Waals surface area contributed by atoms with Gasteiger partial charge in [0.25, 0.3) is 0 Å². The number of hydrogen-bond acceptors (Lipinski definition) is 3. The molecule has 0 unspecified atom stereocenters. The van der Waals surface area contributed by atoms with Crippen molar-refractivity contribution in [2.75, 3.05) is 0 Å². The molecule has 0 aliphatic carbocycles. The Morgan fingerprint density at radius 1 is 1.75 bits per heavy atom. The number of nitrogens with one attached hydrogen (secondary N) is 1. The fourth-order valence-electron chi connectivity index (χ4n) is 0.304. The maximum Gasteiger partial charge on any atom is 0.176 e. The maximum atomic E-state index is 4.73. The smallest absolute Gasteiger partial charge is 0.176 e. The summed E-state index contributed by atoms with van der Waals surface area (Å²) in [6.07, 6.45) is 0. The molecule has 1 radical (unpaired) electrons. The van der Waals surface area contributed by atoms with Crippen molar-refractivity contribution in [3.05, 3.63) is 8.96 Å². The van der Waals surface area contributed by atoms with E-state index in [-0.39, 0.29) is 51.4 Å². The molecule has 0 aromatic carbocycles. The predicted octanol–water partition coefficient (Wildman–Crippen LogP) is 1.13. The minimum atomic E-state index is 0. The first-order valence-electron chi connectivity index (χ1n) is 1.81. The third kappa shape index (κ3) is 2.81. The number of aromatic amines is 1. The molecule has 0 aliphatic rings. The van der Waals surface area contributed by atoms with Crippen molar-refractivity contribution < 1.29 is 0 Å². The van der Waals surface area contributed by atoms with E-state index in [1.165, 1.54) is 11.3 Å². The van der Waals surface area contributed by atoms with Crippen LogP contribution in [0.4, 0.5) is 0 Å². The van der Waals surface area contributed by atoms with Crippen LogP contribution < -0.4 is 0 Å². The topological polar surface area (TPSA) is 28.7 Å². The molecule has 1 heterocycles. The van der Waals surface area contributed by atoms with Crippen molar-refractivity contribution >= 4 is 74.9 Å². The molecule has 0 saturated heterocycles. The van der Waals surface area contributed by atoms with Crippen molar-refractivity contribution in [2.45, 2.75) is 6.92 Å². The zero-order valence-electron chi connectivity index (χ0n) is 4.76. The molecule has 0 saturated carbocycles. The summed E-state index contributed by atoms with van der Waals surface area (Å²) in [5, 5.41) is 7.45. The van der Waals surface area contributed by atoms with Gasteiger partial charge in [0.05, 0.1) is 0 Å². The van der Waals surface area contributed by atoms with E-state index in [1.807, 2.05) is 6.92 Å². The van der Waals surface area contributed by atoms with Gasteiger partial charge in [0.2, 0.25) is 0 Å². The summed E-state index contributed by atoms with van der Waals surface area (Å²) in [5.41, 5.74) is 0. The van der Waals surface area contributed by atoms with E-state index in [9.17, 15) is 0 Å². The van der Waals surface area contributed by atoms with Crippen LogP contribution in [0.5, 0.6) is 0 Å². The molecule has 1 N–H and O–H groups in total. The molecule has 0 atom stereocenters. The predicted molar refractivity (Wildman–Crippen MR) is 37.8 cm³/mol. The third-order valence-electron chi connectivity index (χ3n) is 0.545. The van der Waals surface area contributed by atoms with Gasteiger partial charge >= 0.3 is 0 Å². The molecule has 39 valence electrons. The van der Waals surface area contributed by atoms with Gasteiger partial charge in [-0.3, -0.25) is 5.10 Å². The fraction of sp³-hybridized carbons (Fsp3) is 0.333. The quantitative estimate of drug-likeness (QED) is 0.468. The Kier molecular flexibility index (Phi) is 5.02. The van der Waals surface area contributed by atoms with Crippen molar-refractivity contribution in [3.8, 4) is 0 Å². The molecule has 0 aliphatic heterocycles. The Hall–Kier alpha value is 1.42. The van der Waals surface area contributed by atoms with Crippen LogP contribution in [0.25, 0.3) is 0 Å². The average Bonchev–Trinajstić information content (AvgIpc) is 1.87. The molecule has 8 heavy (non-hydrogen) atoms. The zero-order chi connectivity index (χ0) is 5.28. The van der Waals surface area contributed by atoms with Crippen molar-refractivity contribution in [3.63, 3.8) is 0 Å². The molecular formula is C3H4KN2S2. The van der Waals surface area contributed by atoms with Crippen LogP contribution in [0, 0.1) is 10.9 Å². The van der Waals surface area contributed by atoms with Crippen LogP contribution >= 0.6 is 23.6 Å². The van der Waals surface area contributed by atoms with Crippen LogP contribution in [-0.2, 0) is 0 Å². The monoisotopic (exact) mass is 171 g/mol. The fourth-order valence-corrected chi connectivity index (χ4v) is 1.16. The summed E-state index contributed by atoms with van der Waals surface area (Å²) >= 11 is 6.22. The van der Waals surface area contributed by atoms with Gasteiger partial charge in [-0.05, 0) is 19.1 Å². The molecule has 2 nitrogen and oxygen atoms in total. The van der Waals surface area contributed by atoms with Crippen molar-refractivity contribution in [1.29, 1.82) is 0 Å². The minimum absolute atomic E-state index is 0. The van der Waals surface area contributed by atoms with Gasteiger partial charge in [-0.1, -0.05) is 11.3 Å². The van der Waals surface area contributed by atoms with Gasteiger partial charge in [-0.2, -0.15) is 5.10 Å². The first kappa shape index (κ1) is 9.42. The van der Waals surface area contributed by atoms with Gasteiger partial charge in [0.15, 0.2) is 3.95 Å². The Labute approximate surface area is 99.1 Å². The Morgan fingerprint density at radius 3 is 2.50 bits per heavy atom. The minimum Gasteiger partial charge on any atom is -0.258 e. The van der Waals surface area contributed by atoms with Crippen molar-refractivity contribution in [2.24, 2.45) is 0 Å². The summed E-state index contributed by atoms with van der Waals surface area (Å²) in [6.45, 7) is 1.91. The summed E-state index contributed by atoms with van der Waals surface area (Å²) in [4.78, 5) is 0. The second kappa shape index (κ2) is 4.27. The molecule has 0 amide bonds. The first-order valence-corrected chi connectivity index (χ1v) is 3.03. The van der Waals surface area contributed by atoms with Crippen molar-refractivity contribution in [1.82, 2.24) is 10.2 Å². The zero-order valence-corrected chi connectivity index (χ0v) is 9.52. The molecule has 1 aromatic rings. The standard InChI is InChI=1S/C3H4N2S2.K/c1-2-4-5-3(6)7-2;/h1H3,(H,5,6);. The second-order valence-corrected chi connectivity index (χ2v) is 3.00. The van der Waals surface area contributed by atoms with Crippen LogP contribution in [0.15, 0.2) is 0 Å². The first-order chi connectivity index (χ1) is 3.29. The molecule has 5 heteroatoms. The maximum absolute atomic E-state index is 4.73.